The van der Waals surface area contributed by atoms with Crippen molar-refractivity contribution in [2.24, 2.45) is 5.41 Å². The molecule has 1 aliphatic rings. The van der Waals surface area contributed by atoms with E-state index in [2.05, 4.69) is 0 Å². The Morgan fingerprint density at radius 2 is 2.00 bits per heavy atom. The molecule has 0 saturated heterocycles. The molecule has 19 heavy (non-hydrogen) atoms. The highest BCUT2D eigenvalue weighted by molar-refractivity contribution is 6.30. The lowest BCUT2D eigenvalue weighted by Gasteiger charge is -2.33. The average Bonchev–Trinajstić information content (AvgIpc) is 2.43. The van der Waals surface area contributed by atoms with Gasteiger partial charge >= 0.3 is 5.97 Å². The zero-order valence-corrected chi connectivity index (χ0v) is 11.7. The first kappa shape index (κ1) is 14.1. The first-order valence-electron chi connectivity index (χ1n) is 6.45. The Bertz CT molecular complexity index is 471. The second-order valence-corrected chi connectivity index (χ2v) is 5.44. The number of rotatable bonds is 3. The fraction of sp³-hybridized carbons (Fsp3) is 0.467. The highest BCUT2D eigenvalue weighted by Gasteiger charge is 2.47. The lowest BCUT2D eigenvalue weighted by Crippen LogP contribution is -2.44. The molecule has 1 aromatic rings. The van der Waals surface area contributed by atoms with E-state index in [-0.39, 0.29) is 5.78 Å². The molecule has 0 spiro atoms. The molecule has 102 valence electrons. The van der Waals surface area contributed by atoms with E-state index in [0.29, 0.717) is 24.3 Å². The monoisotopic (exact) mass is 280 g/mol. The van der Waals surface area contributed by atoms with E-state index in [4.69, 9.17) is 16.3 Å². The smallest absolute Gasteiger partial charge is 0.319 e. The molecule has 0 radical (unpaired) electrons. The number of hydrogen-bond acceptors (Lipinski definition) is 3. The van der Waals surface area contributed by atoms with Gasteiger partial charge in [0.1, 0.15) is 5.41 Å². The summed E-state index contributed by atoms with van der Waals surface area (Å²) >= 11 is 5.85. The van der Waals surface area contributed by atoms with Crippen molar-refractivity contribution in [1.82, 2.24) is 0 Å². The van der Waals surface area contributed by atoms with E-state index in [1.165, 1.54) is 7.11 Å². The molecule has 2 rings (SSSR count). The van der Waals surface area contributed by atoms with Crippen LogP contribution in [0.4, 0.5) is 0 Å². The molecule has 0 amide bonds. The Kier molecular flexibility index (Phi) is 4.25. The van der Waals surface area contributed by atoms with Crippen LogP contribution in [-0.2, 0) is 20.7 Å². The number of carbonyl (C=O) groups excluding carboxylic acids is 2. The van der Waals surface area contributed by atoms with Crippen LogP contribution in [0.3, 0.4) is 0 Å². The molecule has 1 saturated carbocycles. The molecule has 1 fully saturated rings. The second kappa shape index (κ2) is 5.74. The maximum Gasteiger partial charge on any atom is 0.319 e. The predicted molar refractivity (Wildman–Crippen MR) is 73.1 cm³/mol. The largest absolute Gasteiger partial charge is 0.468 e. The molecule has 4 heteroatoms. The summed E-state index contributed by atoms with van der Waals surface area (Å²) in [6, 6.07) is 7.26. The van der Waals surface area contributed by atoms with Gasteiger partial charge in [0, 0.05) is 11.4 Å². The Morgan fingerprint density at radius 3 is 2.58 bits per heavy atom. The van der Waals surface area contributed by atoms with Crippen LogP contribution in [0.1, 0.15) is 31.2 Å². The molecule has 0 aromatic heterocycles. The molecule has 1 aromatic carbocycles. The summed E-state index contributed by atoms with van der Waals surface area (Å²) in [5, 5.41) is 0.644. The van der Waals surface area contributed by atoms with E-state index >= 15 is 0 Å². The number of ether oxygens (including phenoxy) is 1. The van der Waals surface area contributed by atoms with Gasteiger partial charge in [-0.2, -0.15) is 0 Å². The maximum absolute atomic E-state index is 12.3. The first-order chi connectivity index (χ1) is 9.08. The molecule has 1 aliphatic carbocycles. The third kappa shape index (κ3) is 2.81. The minimum absolute atomic E-state index is 0.000509. The number of ketones is 1. The van der Waals surface area contributed by atoms with E-state index in [0.717, 1.165) is 18.4 Å². The Balaban J connectivity index is 2.30. The molecular weight excluding hydrogens is 264 g/mol. The molecule has 0 N–H and O–H groups in total. The zero-order valence-electron chi connectivity index (χ0n) is 10.9. The maximum atomic E-state index is 12.3. The summed E-state index contributed by atoms with van der Waals surface area (Å²) in [7, 11) is 1.34. The van der Waals surface area contributed by atoms with E-state index in [1.807, 2.05) is 12.1 Å². The average molecular weight is 281 g/mol. The number of hydrogen-bond donors (Lipinski definition) is 0. The number of Topliss-reactive ketones (excluding diaryl/α,β-unsaturated/α-hetero) is 1. The van der Waals surface area contributed by atoms with Gasteiger partial charge in [0.25, 0.3) is 0 Å². The van der Waals surface area contributed by atoms with Gasteiger partial charge in [-0.15, -0.1) is 0 Å². The standard InChI is InChI=1S/C15H17ClO3/c1-19-14(18)15(9-3-2-4-13(15)17)10-11-5-7-12(16)8-6-11/h5-8H,2-4,9-10H2,1H3/t15-/m1/s1. The van der Waals surface area contributed by atoms with Crippen LogP contribution in [0.2, 0.25) is 5.02 Å². The number of halogens is 1. The fourth-order valence-electron chi connectivity index (χ4n) is 2.71. The Labute approximate surface area is 117 Å². The Hall–Kier alpha value is -1.35. The van der Waals surface area contributed by atoms with E-state index < -0.39 is 11.4 Å². The predicted octanol–water partition coefficient (Wildman–Crippen LogP) is 3.19. The van der Waals surface area contributed by atoms with E-state index in [1.54, 1.807) is 12.1 Å². The molecule has 0 unspecified atom stereocenters. The summed E-state index contributed by atoms with van der Waals surface area (Å²) in [6.45, 7) is 0. The van der Waals surface area contributed by atoms with Crippen LogP contribution < -0.4 is 0 Å². The third-order valence-electron chi connectivity index (χ3n) is 3.79. The van der Waals surface area contributed by atoms with Gasteiger partial charge < -0.3 is 4.74 Å². The van der Waals surface area contributed by atoms with Gasteiger partial charge in [-0.1, -0.05) is 30.2 Å². The topological polar surface area (TPSA) is 43.4 Å². The molecule has 1 atom stereocenters. The van der Waals surface area contributed by atoms with Crippen LogP contribution in [0, 0.1) is 5.41 Å². The quantitative estimate of drug-likeness (QED) is 0.631. The molecule has 0 aliphatic heterocycles. The third-order valence-corrected chi connectivity index (χ3v) is 4.04. The van der Waals surface area contributed by atoms with Gasteiger partial charge in [0.2, 0.25) is 0 Å². The van der Waals surface area contributed by atoms with Crippen molar-refractivity contribution < 1.29 is 14.3 Å². The van der Waals surface area contributed by atoms with Crippen LogP contribution in [-0.4, -0.2) is 18.9 Å². The highest BCUT2D eigenvalue weighted by Crippen LogP contribution is 2.37. The molecule has 0 heterocycles. The van der Waals surface area contributed by atoms with E-state index in [9.17, 15) is 9.59 Å². The summed E-state index contributed by atoms with van der Waals surface area (Å²) in [5.74, 6) is -0.410. The minimum Gasteiger partial charge on any atom is -0.468 e. The molecule has 3 nitrogen and oxygen atoms in total. The summed E-state index contributed by atoms with van der Waals surface area (Å²) in [6.07, 6.45) is 3.17. The van der Waals surface area contributed by atoms with Crippen LogP contribution >= 0.6 is 11.6 Å². The van der Waals surface area contributed by atoms with Crippen molar-refractivity contribution in [3.63, 3.8) is 0 Å². The van der Waals surface area contributed by atoms with Crippen LogP contribution in [0.15, 0.2) is 24.3 Å². The molecule has 0 bridgehead atoms. The number of carbonyl (C=O) groups is 2. The Morgan fingerprint density at radius 1 is 1.32 bits per heavy atom. The second-order valence-electron chi connectivity index (χ2n) is 5.01. The van der Waals surface area contributed by atoms with Crippen molar-refractivity contribution in [2.45, 2.75) is 32.1 Å². The lowest BCUT2D eigenvalue weighted by molar-refractivity contribution is -0.160. The zero-order chi connectivity index (χ0) is 13.9. The highest BCUT2D eigenvalue weighted by atomic mass is 35.5. The SMILES string of the molecule is COC(=O)[C@@]1(Cc2ccc(Cl)cc2)CCCCC1=O. The fourth-order valence-corrected chi connectivity index (χ4v) is 2.84. The molecular formula is C15H17ClO3. The van der Waals surface area contributed by atoms with Gasteiger partial charge in [-0.05, 0) is 37.0 Å². The van der Waals surface area contributed by atoms with Crippen molar-refractivity contribution in [1.29, 1.82) is 0 Å². The minimum atomic E-state index is -0.999. The number of esters is 1. The normalized spacial score (nSPS) is 23.2. The van der Waals surface area contributed by atoms with Crippen LogP contribution in [0.5, 0.6) is 0 Å². The number of methoxy groups -OCH3 is 1. The first-order valence-corrected chi connectivity index (χ1v) is 6.82. The van der Waals surface area contributed by atoms with Gasteiger partial charge in [-0.3, -0.25) is 9.59 Å². The number of benzene rings is 1. The van der Waals surface area contributed by atoms with Crippen molar-refractivity contribution in [3.8, 4) is 0 Å². The van der Waals surface area contributed by atoms with Gasteiger partial charge in [0.05, 0.1) is 7.11 Å². The summed E-state index contributed by atoms with van der Waals surface area (Å²) in [5.41, 5.74) is -0.0639. The van der Waals surface area contributed by atoms with Gasteiger partial charge in [-0.25, -0.2) is 0 Å². The van der Waals surface area contributed by atoms with Gasteiger partial charge in [0.15, 0.2) is 5.78 Å². The summed E-state index contributed by atoms with van der Waals surface area (Å²) < 4.78 is 4.87. The van der Waals surface area contributed by atoms with Crippen LogP contribution in [0.25, 0.3) is 0 Å². The summed E-state index contributed by atoms with van der Waals surface area (Å²) in [4.78, 5) is 24.4. The lowest BCUT2D eigenvalue weighted by atomic mass is 9.69. The van der Waals surface area contributed by atoms with Crippen molar-refractivity contribution in [2.75, 3.05) is 7.11 Å². The van der Waals surface area contributed by atoms with Crippen molar-refractivity contribution >= 4 is 23.4 Å². The van der Waals surface area contributed by atoms with Crippen molar-refractivity contribution in [3.05, 3.63) is 34.9 Å².